The van der Waals surface area contributed by atoms with E-state index in [2.05, 4.69) is 32.2 Å². The third kappa shape index (κ3) is 7.07. The highest BCUT2D eigenvalue weighted by Crippen LogP contribution is 2.37. The van der Waals surface area contributed by atoms with E-state index in [1.165, 1.54) is 6.92 Å². The van der Waals surface area contributed by atoms with E-state index in [0.717, 1.165) is 5.56 Å². The van der Waals surface area contributed by atoms with Crippen molar-refractivity contribution >= 4 is 14.2 Å². The van der Waals surface area contributed by atoms with Crippen LogP contribution in [-0.4, -0.2) is 44.2 Å². The minimum Gasteiger partial charge on any atom is -0.400 e. The van der Waals surface area contributed by atoms with Gasteiger partial charge in [-0.25, -0.2) is 0 Å². The maximum absolute atomic E-state index is 11.7. The second-order valence-electron chi connectivity index (χ2n) is 8.17. The maximum atomic E-state index is 11.7. The van der Waals surface area contributed by atoms with Crippen molar-refractivity contribution in [3.05, 3.63) is 35.9 Å². The average molecular weight is 393 g/mol. The third-order valence-corrected chi connectivity index (χ3v) is 9.39. The van der Waals surface area contributed by atoms with Crippen molar-refractivity contribution < 1.29 is 19.1 Å². The van der Waals surface area contributed by atoms with Crippen LogP contribution in [0.3, 0.4) is 0 Å². The largest absolute Gasteiger partial charge is 0.400 e. The van der Waals surface area contributed by atoms with Gasteiger partial charge in [0.15, 0.2) is 14.4 Å². The number of rotatable bonds is 9. The van der Waals surface area contributed by atoms with E-state index < -0.39 is 26.6 Å². The summed E-state index contributed by atoms with van der Waals surface area (Å²) in [6.07, 6.45) is -1.67. The Morgan fingerprint density at radius 1 is 1.30 bits per heavy atom. The van der Waals surface area contributed by atoms with Gasteiger partial charge in [0.25, 0.3) is 0 Å². The molecule has 0 saturated carbocycles. The van der Waals surface area contributed by atoms with Crippen LogP contribution in [0.2, 0.25) is 18.1 Å². The lowest BCUT2D eigenvalue weighted by Crippen LogP contribution is -2.56. The molecular weight excluding hydrogens is 360 g/mol. The van der Waals surface area contributed by atoms with Crippen LogP contribution in [0.4, 0.5) is 0 Å². The average Bonchev–Trinajstić information content (AvgIpc) is 2.59. The van der Waals surface area contributed by atoms with Crippen LogP contribution >= 0.6 is 0 Å². The number of hydrogen-bond donors (Lipinski definition) is 2. The summed E-state index contributed by atoms with van der Waals surface area (Å²) in [5, 5.41) is 22.2. The molecule has 0 spiro atoms. The van der Waals surface area contributed by atoms with Crippen LogP contribution in [0.5, 0.6) is 0 Å². The predicted molar refractivity (Wildman–Crippen MR) is 107 cm³/mol. The highest BCUT2D eigenvalue weighted by molar-refractivity contribution is 6.74. The van der Waals surface area contributed by atoms with Crippen molar-refractivity contribution in [2.45, 2.75) is 70.7 Å². The van der Waals surface area contributed by atoms with Gasteiger partial charge in [0.05, 0.1) is 25.3 Å². The number of nitrogens with one attached hydrogen (secondary N) is 1. The summed E-state index contributed by atoms with van der Waals surface area (Å²) < 4.78 is 12.1. The number of ether oxygens (including phenoxy) is 1. The number of aliphatic hydroxyl groups excluding tert-OH is 1. The molecule has 1 aromatic carbocycles. The van der Waals surface area contributed by atoms with E-state index in [0.29, 0.717) is 0 Å². The fourth-order valence-corrected chi connectivity index (χ4v) is 3.51. The third-order valence-electron chi connectivity index (χ3n) is 4.94. The summed E-state index contributed by atoms with van der Waals surface area (Å²) in [6.45, 7) is 11.6. The number of nitrogens with zero attached hydrogens (tertiary/aromatic N) is 1. The number of benzene rings is 1. The molecule has 3 atom stereocenters. The van der Waals surface area contributed by atoms with E-state index >= 15 is 0 Å². The van der Waals surface area contributed by atoms with E-state index in [9.17, 15) is 15.2 Å². The van der Waals surface area contributed by atoms with Gasteiger partial charge in [0, 0.05) is 6.92 Å². The summed E-state index contributed by atoms with van der Waals surface area (Å²) >= 11 is 0. The van der Waals surface area contributed by atoms with E-state index in [1.807, 2.05) is 43.4 Å². The minimum atomic E-state index is -2.26. The molecule has 7 heteroatoms. The second kappa shape index (κ2) is 9.99. The smallest absolute Gasteiger partial charge is 0.217 e. The van der Waals surface area contributed by atoms with Gasteiger partial charge < -0.3 is 19.6 Å². The van der Waals surface area contributed by atoms with Gasteiger partial charge in [-0.3, -0.25) is 4.79 Å². The fourth-order valence-electron chi connectivity index (χ4n) is 2.32. The standard InChI is InChI=1S/C20H32N2O4Si/c1-15(24)22-19(17(12-21)26-27(5,6)20(2,3)4)18(13-23)25-14-16-10-8-7-9-11-16/h7-11,17-19,23H,13-14H2,1-6H3,(H,22,24)/t17-,18+,19+/m1/s1. The maximum Gasteiger partial charge on any atom is 0.217 e. The minimum absolute atomic E-state index is 0.0948. The molecule has 27 heavy (non-hydrogen) atoms. The highest BCUT2D eigenvalue weighted by atomic mass is 28.4. The number of carbonyl (C=O) groups is 1. The Morgan fingerprint density at radius 2 is 1.89 bits per heavy atom. The first-order valence-corrected chi connectivity index (χ1v) is 12.0. The monoisotopic (exact) mass is 392 g/mol. The van der Waals surface area contributed by atoms with Crippen molar-refractivity contribution in [1.82, 2.24) is 5.32 Å². The predicted octanol–water partition coefficient (Wildman–Crippen LogP) is 2.98. The van der Waals surface area contributed by atoms with Crippen LogP contribution in [0.25, 0.3) is 0 Å². The van der Waals surface area contributed by atoms with Crippen molar-refractivity contribution in [3.63, 3.8) is 0 Å². The summed E-state index contributed by atoms with van der Waals surface area (Å²) in [5.74, 6) is -0.305. The molecule has 0 unspecified atom stereocenters. The van der Waals surface area contributed by atoms with Gasteiger partial charge in [-0.05, 0) is 23.7 Å². The molecule has 0 aromatic heterocycles. The van der Waals surface area contributed by atoms with Crippen molar-refractivity contribution in [3.8, 4) is 6.07 Å². The Bertz CT molecular complexity index is 638. The molecule has 0 aliphatic carbocycles. The Hall–Kier alpha value is -1.72. The Morgan fingerprint density at radius 3 is 2.33 bits per heavy atom. The molecule has 0 saturated heterocycles. The molecule has 0 aliphatic rings. The Balaban J connectivity index is 3.01. The van der Waals surface area contributed by atoms with Crippen LogP contribution in [0.1, 0.15) is 33.3 Å². The topological polar surface area (TPSA) is 91.6 Å². The molecule has 0 aliphatic heterocycles. The Kier molecular flexibility index (Phi) is 8.63. The van der Waals surface area contributed by atoms with Crippen molar-refractivity contribution in [2.24, 2.45) is 0 Å². The molecule has 0 fully saturated rings. The molecule has 1 aromatic rings. The lowest BCUT2D eigenvalue weighted by atomic mass is 10.1. The lowest BCUT2D eigenvalue weighted by molar-refractivity contribution is -0.122. The highest BCUT2D eigenvalue weighted by Gasteiger charge is 2.42. The number of amides is 1. The first-order valence-electron chi connectivity index (χ1n) is 9.12. The SMILES string of the molecule is CC(=O)N[C@H]([C@H](CO)OCc1ccccc1)[C@@H](C#N)O[Si](C)(C)C(C)(C)C. The first kappa shape index (κ1) is 23.3. The quantitative estimate of drug-likeness (QED) is 0.630. The van der Waals surface area contributed by atoms with Gasteiger partial charge in [-0.2, -0.15) is 5.26 Å². The molecule has 6 nitrogen and oxygen atoms in total. The zero-order valence-corrected chi connectivity index (χ0v) is 18.2. The second-order valence-corrected chi connectivity index (χ2v) is 12.9. The van der Waals surface area contributed by atoms with Crippen molar-refractivity contribution in [2.75, 3.05) is 6.61 Å². The van der Waals surface area contributed by atoms with Gasteiger partial charge in [-0.1, -0.05) is 51.1 Å². The lowest BCUT2D eigenvalue weighted by Gasteiger charge is -2.40. The van der Waals surface area contributed by atoms with E-state index in [-0.39, 0.29) is 24.2 Å². The molecule has 0 bridgehead atoms. The van der Waals surface area contributed by atoms with Gasteiger partial charge in [0.1, 0.15) is 6.10 Å². The summed E-state index contributed by atoms with van der Waals surface area (Å²) in [6, 6.07) is 10.9. The number of nitriles is 1. The van der Waals surface area contributed by atoms with Crippen LogP contribution in [-0.2, 0) is 20.6 Å². The van der Waals surface area contributed by atoms with Crippen LogP contribution < -0.4 is 5.32 Å². The van der Waals surface area contributed by atoms with Crippen LogP contribution in [0, 0.1) is 11.3 Å². The normalized spacial score (nSPS) is 15.5. The van der Waals surface area contributed by atoms with Gasteiger partial charge in [-0.15, -0.1) is 0 Å². The molecule has 1 rings (SSSR count). The van der Waals surface area contributed by atoms with Gasteiger partial charge in [0.2, 0.25) is 5.91 Å². The Labute approximate surface area is 163 Å². The number of aliphatic hydroxyl groups is 1. The molecule has 2 N–H and O–H groups in total. The molecule has 1 amide bonds. The number of carbonyl (C=O) groups excluding carboxylic acids is 1. The summed E-state index contributed by atoms with van der Waals surface area (Å²) in [4.78, 5) is 11.7. The summed E-state index contributed by atoms with van der Waals surface area (Å²) in [7, 11) is -2.26. The fraction of sp³-hybridized carbons (Fsp3) is 0.600. The summed E-state index contributed by atoms with van der Waals surface area (Å²) in [5.41, 5.74) is 0.941. The zero-order chi connectivity index (χ0) is 20.7. The molecule has 0 radical (unpaired) electrons. The molecule has 150 valence electrons. The number of hydrogen-bond acceptors (Lipinski definition) is 5. The zero-order valence-electron chi connectivity index (χ0n) is 17.2. The first-order chi connectivity index (χ1) is 12.5. The molecule has 0 heterocycles. The van der Waals surface area contributed by atoms with Crippen molar-refractivity contribution in [1.29, 1.82) is 5.26 Å². The van der Waals surface area contributed by atoms with Crippen LogP contribution in [0.15, 0.2) is 30.3 Å². The van der Waals surface area contributed by atoms with E-state index in [4.69, 9.17) is 9.16 Å². The van der Waals surface area contributed by atoms with Gasteiger partial charge >= 0.3 is 0 Å². The molecular formula is C20H32N2O4Si. The van der Waals surface area contributed by atoms with E-state index in [1.54, 1.807) is 0 Å².